The van der Waals surface area contributed by atoms with Crippen LogP contribution in [0.3, 0.4) is 0 Å². The Morgan fingerprint density at radius 3 is 2.13 bits per heavy atom. The van der Waals surface area contributed by atoms with Gasteiger partial charge >= 0.3 is 0 Å². The molecule has 4 rings (SSSR count). The minimum atomic E-state index is -1.39. The lowest BCUT2D eigenvalue weighted by Gasteiger charge is -2.19. The van der Waals surface area contributed by atoms with Crippen LogP contribution in [0.15, 0.2) is 71.7 Å². The first-order valence-corrected chi connectivity index (χ1v) is 9.85. The summed E-state index contributed by atoms with van der Waals surface area (Å²) in [5, 5.41) is 0. The lowest BCUT2D eigenvalue weighted by molar-refractivity contribution is -0.133. The van der Waals surface area contributed by atoms with E-state index in [2.05, 4.69) is 4.98 Å². The summed E-state index contributed by atoms with van der Waals surface area (Å²) in [6.07, 6.45) is 2.00. The van der Waals surface area contributed by atoms with Crippen molar-refractivity contribution in [1.82, 2.24) is 9.55 Å². The third-order valence-electron chi connectivity index (χ3n) is 5.28. The van der Waals surface area contributed by atoms with E-state index in [0.717, 1.165) is 11.1 Å². The lowest BCUT2D eigenvalue weighted by Crippen LogP contribution is -2.39. The molecular weight excluding hydrogens is 380 g/mol. The van der Waals surface area contributed by atoms with Gasteiger partial charge in [0.05, 0.1) is 6.54 Å². The highest BCUT2D eigenvalue weighted by Crippen LogP contribution is 2.22. The van der Waals surface area contributed by atoms with Gasteiger partial charge in [0, 0.05) is 24.6 Å². The third kappa shape index (κ3) is 3.76. The van der Waals surface area contributed by atoms with Gasteiger partial charge in [0.1, 0.15) is 17.3 Å². The molecule has 1 aliphatic carbocycles. The minimum Gasteiger partial charge on any atom is -0.298 e. The molecule has 1 aromatic heterocycles. The molecule has 0 bridgehead atoms. The molecule has 1 heterocycles. The van der Waals surface area contributed by atoms with Crippen molar-refractivity contribution in [2.24, 2.45) is 5.92 Å². The summed E-state index contributed by atoms with van der Waals surface area (Å²) >= 11 is 0. The zero-order valence-corrected chi connectivity index (χ0v) is 16.3. The molecule has 3 aromatic rings. The molecule has 0 amide bonds. The van der Waals surface area contributed by atoms with Crippen LogP contribution in [-0.2, 0) is 16.1 Å². The van der Waals surface area contributed by atoms with Crippen molar-refractivity contribution in [3.8, 4) is 11.4 Å². The maximum Gasteiger partial charge on any atom is 0.265 e. The van der Waals surface area contributed by atoms with Crippen molar-refractivity contribution in [2.75, 3.05) is 0 Å². The number of Topliss-reactive ketones (excluding diaryl/α,β-unsaturated/α-hetero) is 3. The van der Waals surface area contributed by atoms with E-state index in [1.54, 1.807) is 0 Å². The molecule has 0 aliphatic heterocycles. The Hall–Kier alpha value is -3.67. The minimum absolute atomic E-state index is 0.176. The molecule has 1 saturated carbocycles. The highest BCUT2D eigenvalue weighted by atomic mass is 16.2. The average Bonchev–Trinajstić information content (AvgIpc) is 2.76. The number of benzene rings is 2. The molecule has 0 spiro atoms. The average molecular weight is 400 g/mol. The monoisotopic (exact) mass is 400 g/mol. The first-order valence-electron chi connectivity index (χ1n) is 9.85. The molecule has 1 aliphatic rings. The Labute approximate surface area is 173 Å². The molecule has 30 heavy (non-hydrogen) atoms. The van der Waals surface area contributed by atoms with Crippen LogP contribution in [0.2, 0.25) is 0 Å². The molecular formula is C24H20N2O4. The van der Waals surface area contributed by atoms with Crippen LogP contribution in [0.1, 0.15) is 35.2 Å². The van der Waals surface area contributed by atoms with Gasteiger partial charge in [-0.25, -0.2) is 4.98 Å². The van der Waals surface area contributed by atoms with E-state index in [0.29, 0.717) is 12.2 Å². The van der Waals surface area contributed by atoms with Crippen molar-refractivity contribution in [3.05, 3.63) is 88.3 Å². The Morgan fingerprint density at radius 2 is 1.50 bits per heavy atom. The van der Waals surface area contributed by atoms with Gasteiger partial charge in [-0.1, -0.05) is 60.7 Å². The van der Waals surface area contributed by atoms with Crippen LogP contribution >= 0.6 is 0 Å². The van der Waals surface area contributed by atoms with Crippen LogP contribution in [-0.4, -0.2) is 26.9 Å². The fraction of sp³-hybridized carbons (Fsp3) is 0.208. The Balaban J connectivity index is 1.83. The Kier molecular flexibility index (Phi) is 5.48. The first kappa shape index (κ1) is 19.6. The molecule has 1 fully saturated rings. The Morgan fingerprint density at radius 1 is 0.900 bits per heavy atom. The molecule has 0 radical (unpaired) electrons. The van der Waals surface area contributed by atoms with Gasteiger partial charge in [0.15, 0.2) is 17.3 Å². The van der Waals surface area contributed by atoms with Gasteiger partial charge in [-0.3, -0.25) is 23.7 Å². The summed E-state index contributed by atoms with van der Waals surface area (Å²) in [5.41, 5.74) is 0.824. The van der Waals surface area contributed by atoms with E-state index in [1.165, 1.54) is 10.8 Å². The van der Waals surface area contributed by atoms with Crippen LogP contribution in [0, 0.1) is 5.92 Å². The number of hydrogen-bond donors (Lipinski definition) is 0. The Bertz CT molecular complexity index is 1150. The van der Waals surface area contributed by atoms with E-state index in [-0.39, 0.29) is 24.9 Å². The topological polar surface area (TPSA) is 86.1 Å². The second-order valence-corrected chi connectivity index (χ2v) is 7.32. The summed E-state index contributed by atoms with van der Waals surface area (Å²) in [5.74, 6) is -2.55. The van der Waals surface area contributed by atoms with Crippen molar-refractivity contribution >= 4 is 17.3 Å². The predicted molar refractivity (Wildman–Crippen MR) is 111 cm³/mol. The number of carbonyl (C=O) groups excluding carboxylic acids is 3. The number of rotatable bonds is 5. The third-order valence-corrected chi connectivity index (χ3v) is 5.28. The van der Waals surface area contributed by atoms with Crippen LogP contribution in [0.4, 0.5) is 0 Å². The van der Waals surface area contributed by atoms with E-state index >= 15 is 0 Å². The number of nitrogens with zero attached hydrogens (tertiary/aromatic N) is 2. The molecule has 0 unspecified atom stereocenters. The number of carbonyl (C=O) groups is 3. The molecule has 0 atom stereocenters. The second-order valence-electron chi connectivity index (χ2n) is 7.32. The summed E-state index contributed by atoms with van der Waals surface area (Å²) in [6.45, 7) is 0.213. The molecule has 150 valence electrons. The van der Waals surface area contributed by atoms with Crippen molar-refractivity contribution < 1.29 is 14.4 Å². The highest BCUT2D eigenvalue weighted by Gasteiger charge is 2.38. The summed E-state index contributed by atoms with van der Waals surface area (Å²) < 4.78 is 1.43. The quantitative estimate of drug-likeness (QED) is 0.485. The molecule has 6 nitrogen and oxygen atoms in total. The number of aromatic nitrogens is 2. The maximum absolute atomic E-state index is 13.3. The second kappa shape index (κ2) is 8.37. The van der Waals surface area contributed by atoms with E-state index in [1.807, 2.05) is 60.7 Å². The fourth-order valence-corrected chi connectivity index (χ4v) is 3.74. The molecule has 6 heteroatoms. The predicted octanol–water partition coefficient (Wildman–Crippen LogP) is 3.08. The number of hydrogen-bond acceptors (Lipinski definition) is 5. The van der Waals surface area contributed by atoms with E-state index < -0.39 is 28.8 Å². The zero-order chi connectivity index (χ0) is 21.1. The van der Waals surface area contributed by atoms with Gasteiger partial charge < -0.3 is 0 Å². The molecule has 0 N–H and O–H groups in total. The van der Waals surface area contributed by atoms with Crippen LogP contribution < -0.4 is 5.56 Å². The largest absolute Gasteiger partial charge is 0.298 e. The van der Waals surface area contributed by atoms with Gasteiger partial charge in [0.2, 0.25) is 0 Å². The normalized spacial score (nSPS) is 14.7. The van der Waals surface area contributed by atoms with Crippen molar-refractivity contribution in [2.45, 2.75) is 25.8 Å². The molecule has 0 saturated heterocycles. The van der Waals surface area contributed by atoms with Crippen molar-refractivity contribution in [3.63, 3.8) is 0 Å². The number of ketones is 3. The summed E-state index contributed by atoms with van der Waals surface area (Å²) in [6, 6.07) is 18.6. The van der Waals surface area contributed by atoms with Crippen LogP contribution in [0.5, 0.6) is 0 Å². The molecule has 2 aromatic carbocycles. The SMILES string of the molecule is O=C1CCCC(=O)C1C(=O)c1cnc(-c2ccccc2)n(Cc2ccccc2)c1=O. The summed E-state index contributed by atoms with van der Waals surface area (Å²) in [4.78, 5) is 55.2. The lowest BCUT2D eigenvalue weighted by atomic mass is 9.82. The van der Waals surface area contributed by atoms with Gasteiger partial charge in [-0.15, -0.1) is 0 Å². The fourth-order valence-electron chi connectivity index (χ4n) is 3.74. The van der Waals surface area contributed by atoms with E-state index in [9.17, 15) is 19.2 Å². The van der Waals surface area contributed by atoms with Gasteiger partial charge in [-0.05, 0) is 12.0 Å². The first-order chi connectivity index (χ1) is 14.6. The standard InChI is InChI=1S/C24H20N2O4/c27-19-12-7-13-20(28)21(19)22(29)18-14-25-23(17-10-5-2-6-11-17)26(24(18)30)15-16-8-3-1-4-9-16/h1-6,8-11,14,21H,7,12-13,15H2. The maximum atomic E-state index is 13.3. The highest BCUT2D eigenvalue weighted by molar-refractivity contribution is 6.24. The van der Waals surface area contributed by atoms with Gasteiger partial charge in [-0.2, -0.15) is 0 Å². The smallest absolute Gasteiger partial charge is 0.265 e. The van der Waals surface area contributed by atoms with Crippen molar-refractivity contribution in [1.29, 1.82) is 0 Å². The van der Waals surface area contributed by atoms with E-state index in [4.69, 9.17) is 0 Å². The zero-order valence-electron chi connectivity index (χ0n) is 16.3. The summed E-state index contributed by atoms with van der Waals surface area (Å²) in [7, 11) is 0. The van der Waals surface area contributed by atoms with Crippen LogP contribution in [0.25, 0.3) is 11.4 Å². The van der Waals surface area contributed by atoms with Gasteiger partial charge in [0.25, 0.3) is 5.56 Å².